The first kappa shape index (κ1) is 26.5. The molecule has 7 nitrogen and oxygen atoms in total. The fourth-order valence-electron chi connectivity index (χ4n) is 3.80. The van der Waals surface area contributed by atoms with E-state index in [0.717, 1.165) is 41.1 Å². The van der Waals surface area contributed by atoms with E-state index in [-0.39, 0.29) is 5.97 Å². The number of rotatable bonds is 13. The van der Waals surface area contributed by atoms with Crippen molar-refractivity contribution < 1.29 is 26.9 Å². The van der Waals surface area contributed by atoms with Crippen LogP contribution in [0.15, 0.2) is 60.7 Å². The third kappa shape index (κ3) is 8.56. The summed E-state index contributed by atoms with van der Waals surface area (Å²) in [5.74, 6) is 0.0190. The van der Waals surface area contributed by atoms with Crippen LogP contribution in [0, 0.1) is 0 Å². The Labute approximate surface area is 207 Å². The van der Waals surface area contributed by atoms with Crippen molar-refractivity contribution in [2.75, 3.05) is 24.8 Å². The summed E-state index contributed by atoms with van der Waals surface area (Å²) in [4.78, 5) is 12.0. The molecule has 1 unspecified atom stereocenters. The summed E-state index contributed by atoms with van der Waals surface area (Å²) < 4.78 is 38.2. The van der Waals surface area contributed by atoms with Crippen molar-refractivity contribution in [1.29, 1.82) is 0 Å². The van der Waals surface area contributed by atoms with Gasteiger partial charge in [0.2, 0.25) is 0 Å². The van der Waals surface area contributed by atoms with E-state index in [4.69, 9.17) is 13.7 Å². The Morgan fingerprint density at radius 2 is 1.60 bits per heavy atom. The molecule has 8 heteroatoms. The van der Waals surface area contributed by atoms with Crippen LogP contribution in [-0.4, -0.2) is 40.0 Å². The van der Waals surface area contributed by atoms with Crippen molar-refractivity contribution in [3.05, 3.63) is 71.8 Å². The molecule has 3 rings (SSSR count). The Morgan fingerprint density at radius 1 is 0.914 bits per heavy atom. The molecule has 0 fully saturated rings. The van der Waals surface area contributed by atoms with Gasteiger partial charge < -0.3 is 19.0 Å². The number of benzene rings is 3. The Bertz CT molecular complexity index is 1220. The molecule has 0 saturated heterocycles. The average Bonchev–Trinajstić information content (AvgIpc) is 2.82. The van der Waals surface area contributed by atoms with Gasteiger partial charge in [-0.15, -0.1) is 0 Å². The summed E-state index contributed by atoms with van der Waals surface area (Å²) in [6.07, 6.45) is 2.86. The number of hydrogen-bond acceptors (Lipinski definition) is 7. The van der Waals surface area contributed by atoms with Crippen molar-refractivity contribution in [2.45, 2.75) is 45.8 Å². The molecule has 3 aromatic rings. The van der Waals surface area contributed by atoms with Gasteiger partial charge in [-0.3, -0.25) is 0 Å². The molecular formula is C27H33NO6S. The third-order valence-corrected chi connectivity index (χ3v) is 5.92. The molecule has 3 aromatic carbocycles. The van der Waals surface area contributed by atoms with Crippen molar-refractivity contribution in [2.24, 2.45) is 0 Å². The molecule has 0 aliphatic heterocycles. The smallest absolute Gasteiger partial charge is 0.335 e. The highest BCUT2D eigenvalue weighted by atomic mass is 32.2. The van der Waals surface area contributed by atoms with Gasteiger partial charge in [0.25, 0.3) is 0 Å². The van der Waals surface area contributed by atoms with Gasteiger partial charge in [0.15, 0.2) is 6.10 Å². The summed E-state index contributed by atoms with van der Waals surface area (Å²) in [5.41, 5.74) is 3.33. The van der Waals surface area contributed by atoms with E-state index in [1.807, 2.05) is 25.1 Å². The molecule has 0 bridgehead atoms. The number of carbonyl (C=O) groups is 1. The summed E-state index contributed by atoms with van der Waals surface area (Å²) in [6.45, 7) is 5.18. The second kappa shape index (κ2) is 12.6. The molecular weight excluding hydrogens is 466 g/mol. The molecule has 188 valence electrons. The lowest BCUT2D eigenvalue weighted by Gasteiger charge is -2.15. The van der Waals surface area contributed by atoms with Crippen LogP contribution in [0.2, 0.25) is 0 Å². The number of fused-ring (bicyclic) bond motifs is 1. The van der Waals surface area contributed by atoms with Gasteiger partial charge in [0.05, 0.1) is 12.9 Å². The highest BCUT2D eigenvalue weighted by molar-refractivity contribution is 7.86. The molecule has 0 aromatic heterocycles. The van der Waals surface area contributed by atoms with Gasteiger partial charge in [-0.05, 0) is 85.3 Å². The Morgan fingerprint density at radius 3 is 2.29 bits per heavy atom. The zero-order valence-electron chi connectivity index (χ0n) is 20.5. The first-order valence-electron chi connectivity index (χ1n) is 11.8. The predicted octanol–water partition coefficient (Wildman–Crippen LogP) is 5.08. The number of anilines is 1. The molecule has 0 spiro atoms. The summed E-state index contributed by atoms with van der Waals surface area (Å²) >= 11 is 0. The second-order valence-electron chi connectivity index (χ2n) is 8.27. The fraction of sp³-hybridized carbons (Fsp3) is 0.370. The quantitative estimate of drug-likeness (QED) is 0.259. The maximum Gasteiger partial charge on any atom is 0.335 e. The van der Waals surface area contributed by atoms with E-state index in [9.17, 15) is 13.2 Å². The number of ether oxygens (including phenoxy) is 2. The highest BCUT2D eigenvalue weighted by Crippen LogP contribution is 2.23. The highest BCUT2D eigenvalue weighted by Gasteiger charge is 2.19. The third-order valence-electron chi connectivity index (χ3n) is 5.42. The van der Waals surface area contributed by atoms with Crippen molar-refractivity contribution in [3.8, 4) is 5.75 Å². The van der Waals surface area contributed by atoms with E-state index in [2.05, 4.69) is 35.6 Å². The van der Waals surface area contributed by atoms with E-state index >= 15 is 0 Å². The maximum atomic E-state index is 12.0. The molecule has 1 atom stereocenters. The van der Waals surface area contributed by atoms with Crippen LogP contribution in [0.4, 0.5) is 5.69 Å². The molecule has 1 N–H and O–H groups in total. The van der Waals surface area contributed by atoms with E-state index in [0.29, 0.717) is 31.9 Å². The predicted molar refractivity (Wildman–Crippen MR) is 138 cm³/mol. The number of esters is 1. The normalized spacial score (nSPS) is 12.3. The van der Waals surface area contributed by atoms with Crippen molar-refractivity contribution in [3.63, 3.8) is 0 Å². The SMILES string of the molecule is CCOC(=O)C(CCCc1ccc(NCc2ccc3cc(OS(C)(=O)=O)ccc3c2)cc1)OCC. The van der Waals surface area contributed by atoms with Gasteiger partial charge in [0.1, 0.15) is 5.75 Å². The minimum Gasteiger partial charge on any atom is -0.464 e. The minimum atomic E-state index is -3.55. The topological polar surface area (TPSA) is 90.9 Å². The molecule has 0 heterocycles. The van der Waals surface area contributed by atoms with Crippen LogP contribution >= 0.6 is 0 Å². The Kier molecular flexibility index (Phi) is 9.51. The Hall–Kier alpha value is -3.10. The number of aryl methyl sites for hydroxylation is 1. The van der Waals surface area contributed by atoms with Crippen LogP contribution in [0.5, 0.6) is 5.75 Å². The lowest BCUT2D eigenvalue weighted by molar-refractivity contribution is -0.156. The molecule has 0 aliphatic carbocycles. The summed E-state index contributed by atoms with van der Waals surface area (Å²) in [6, 6.07) is 19.5. The lowest BCUT2D eigenvalue weighted by atomic mass is 10.0. The maximum absolute atomic E-state index is 12.0. The zero-order chi connectivity index (χ0) is 25.3. The van der Waals surface area contributed by atoms with Gasteiger partial charge in [-0.2, -0.15) is 8.42 Å². The standard InChI is InChI=1S/C27H33NO6S/c1-4-32-26(27(29)33-5-2)8-6-7-20-10-14-24(15-11-20)28-19-21-9-12-23-18-25(34-35(3,30)31)16-13-22(23)17-21/h9-18,26,28H,4-8,19H2,1-3H3. The molecule has 0 saturated carbocycles. The van der Waals surface area contributed by atoms with Crippen molar-refractivity contribution in [1.82, 2.24) is 0 Å². The van der Waals surface area contributed by atoms with Crippen LogP contribution < -0.4 is 9.50 Å². The van der Waals surface area contributed by atoms with Crippen molar-refractivity contribution >= 4 is 32.5 Å². The van der Waals surface area contributed by atoms with Crippen LogP contribution in [-0.2, 0) is 37.4 Å². The molecule has 0 aliphatic rings. The van der Waals surface area contributed by atoms with Gasteiger partial charge >= 0.3 is 16.1 Å². The summed E-state index contributed by atoms with van der Waals surface area (Å²) in [7, 11) is -3.55. The Balaban J connectivity index is 1.51. The second-order valence-corrected chi connectivity index (χ2v) is 9.84. The average molecular weight is 500 g/mol. The first-order valence-corrected chi connectivity index (χ1v) is 13.6. The number of carbonyl (C=O) groups excluding carboxylic acids is 1. The fourth-order valence-corrected chi connectivity index (χ4v) is 4.25. The minimum absolute atomic E-state index is 0.287. The zero-order valence-corrected chi connectivity index (χ0v) is 21.3. The molecule has 0 amide bonds. The first-order chi connectivity index (χ1) is 16.8. The van der Waals surface area contributed by atoms with Gasteiger partial charge in [-0.1, -0.05) is 30.3 Å². The monoisotopic (exact) mass is 499 g/mol. The van der Waals surface area contributed by atoms with E-state index < -0.39 is 16.2 Å². The largest absolute Gasteiger partial charge is 0.464 e. The van der Waals surface area contributed by atoms with E-state index in [1.165, 1.54) is 5.56 Å². The number of nitrogens with one attached hydrogen (secondary N) is 1. The van der Waals surface area contributed by atoms with Crippen LogP contribution in [0.25, 0.3) is 10.8 Å². The van der Waals surface area contributed by atoms with Gasteiger partial charge in [0, 0.05) is 18.8 Å². The van der Waals surface area contributed by atoms with Crippen LogP contribution in [0.1, 0.15) is 37.8 Å². The van der Waals surface area contributed by atoms with E-state index in [1.54, 1.807) is 19.1 Å². The van der Waals surface area contributed by atoms with Crippen LogP contribution in [0.3, 0.4) is 0 Å². The number of hydrogen-bond donors (Lipinski definition) is 1. The molecule has 0 radical (unpaired) electrons. The lowest BCUT2D eigenvalue weighted by Crippen LogP contribution is -2.26. The summed E-state index contributed by atoms with van der Waals surface area (Å²) in [5, 5.41) is 5.35. The molecule has 35 heavy (non-hydrogen) atoms. The van der Waals surface area contributed by atoms with Gasteiger partial charge in [-0.25, -0.2) is 4.79 Å².